The smallest absolute Gasteiger partial charge is 0.328 e. The van der Waals surface area contributed by atoms with Gasteiger partial charge in [0.1, 0.15) is 0 Å². The van der Waals surface area contributed by atoms with E-state index in [4.69, 9.17) is 15.5 Å². The van der Waals surface area contributed by atoms with Gasteiger partial charge in [-0.1, -0.05) is 12.1 Å². The SMILES string of the molecule is N#Cc1ccc(CNC(=O)NC(CO)C(=O)O)cc1. The van der Waals surface area contributed by atoms with E-state index >= 15 is 0 Å². The zero-order chi connectivity index (χ0) is 14.3. The Hall–Kier alpha value is -2.59. The van der Waals surface area contributed by atoms with Gasteiger partial charge in [-0.15, -0.1) is 0 Å². The first kappa shape index (κ1) is 14.5. The molecule has 7 heteroatoms. The molecule has 0 saturated carbocycles. The molecule has 1 aromatic rings. The first-order valence-electron chi connectivity index (χ1n) is 5.44. The van der Waals surface area contributed by atoms with Crippen molar-refractivity contribution in [2.45, 2.75) is 12.6 Å². The second-order valence-corrected chi connectivity index (χ2v) is 3.71. The number of rotatable bonds is 5. The van der Waals surface area contributed by atoms with Crippen molar-refractivity contribution in [1.29, 1.82) is 5.26 Å². The minimum absolute atomic E-state index is 0.190. The Morgan fingerprint density at radius 3 is 2.42 bits per heavy atom. The van der Waals surface area contributed by atoms with Crippen LogP contribution in [-0.2, 0) is 11.3 Å². The lowest BCUT2D eigenvalue weighted by Crippen LogP contribution is -2.47. The highest BCUT2D eigenvalue weighted by molar-refractivity contribution is 5.82. The molecule has 1 atom stereocenters. The van der Waals surface area contributed by atoms with Crippen LogP contribution < -0.4 is 10.6 Å². The third-order valence-corrected chi connectivity index (χ3v) is 2.32. The molecule has 7 nitrogen and oxygen atoms in total. The second kappa shape index (κ2) is 6.98. The van der Waals surface area contributed by atoms with E-state index in [1.54, 1.807) is 24.3 Å². The molecule has 0 fully saturated rings. The predicted octanol–water partition coefficient (Wildman–Crippen LogP) is -0.197. The van der Waals surface area contributed by atoms with E-state index in [-0.39, 0.29) is 6.54 Å². The summed E-state index contributed by atoms with van der Waals surface area (Å²) in [6.45, 7) is -0.491. The van der Waals surface area contributed by atoms with Crippen molar-refractivity contribution in [2.75, 3.05) is 6.61 Å². The number of benzene rings is 1. The summed E-state index contributed by atoms with van der Waals surface area (Å²) in [5, 5.41) is 30.5. The number of nitrogens with zero attached hydrogens (tertiary/aromatic N) is 1. The molecule has 0 radical (unpaired) electrons. The van der Waals surface area contributed by atoms with E-state index in [9.17, 15) is 9.59 Å². The fourth-order valence-corrected chi connectivity index (χ4v) is 1.27. The third-order valence-electron chi connectivity index (χ3n) is 2.32. The zero-order valence-corrected chi connectivity index (χ0v) is 9.96. The number of aliphatic carboxylic acids is 1. The molecule has 0 saturated heterocycles. The van der Waals surface area contributed by atoms with Gasteiger partial charge in [0, 0.05) is 6.54 Å². The van der Waals surface area contributed by atoms with Crippen LogP contribution in [-0.4, -0.2) is 34.9 Å². The van der Waals surface area contributed by atoms with Gasteiger partial charge in [0.25, 0.3) is 0 Å². The molecule has 4 N–H and O–H groups in total. The van der Waals surface area contributed by atoms with Crippen LogP contribution in [0.4, 0.5) is 4.79 Å². The van der Waals surface area contributed by atoms with Crippen molar-refractivity contribution < 1.29 is 19.8 Å². The predicted molar refractivity (Wildman–Crippen MR) is 65.0 cm³/mol. The number of carbonyl (C=O) groups excluding carboxylic acids is 1. The number of hydrogen-bond donors (Lipinski definition) is 4. The topological polar surface area (TPSA) is 122 Å². The Labute approximate surface area is 109 Å². The quantitative estimate of drug-likeness (QED) is 0.586. The number of carboxylic acid groups (broad SMARTS) is 1. The molecule has 0 aliphatic rings. The van der Waals surface area contributed by atoms with Gasteiger partial charge in [0.05, 0.1) is 18.2 Å². The zero-order valence-electron chi connectivity index (χ0n) is 9.96. The number of urea groups is 1. The number of carboxylic acids is 1. The minimum Gasteiger partial charge on any atom is -0.480 e. The Balaban J connectivity index is 2.45. The van der Waals surface area contributed by atoms with Crippen LogP contribution >= 0.6 is 0 Å². The maximum absolute atomic E-state index is 11.4. The fourth-order valence-electron chi connectivity index (χ4n) is 1.27. The maximum Gasteiger partial charge on any atom is 0.328 e. The lowest BCUT2D eigenvalue weighted by Gasteiger charge is -2.12. The molecule has 0 aromatic heterocycles. The molecular weight excluding hydrogens is 250 g/mol. The Bertz CT molecular complexity index is 493. The number of aliphatic hydroxyl groups is 1. The first-order chi connectivity index (χ1) is 9.06. The van der Waals surface area contributed by atoms with Gasteiger partial charge in [-0.25, -0.2) is 9.59 Å². The summed E-state index contributed by atoms with van der Waals surface area (Å²) >= 11 is 0. The van der Waals surface area contributed by atoms with Crippen LogP contribution in [0.25, 0.3) is 0 Å². The van der Waals surface area contributed by atoms with Gasteiger partial charge in [0.15, 0.2) is 6.04 Å². The van der Waals surface area contributed by atoms with Gasteiger partial charge in [-0.3, -0.25) is 0 Å². The Morgan fingerprint density at radius 2 is 1.95 bits per heavy atom. The second-order valence-electron chi connectivity index (χ2n) is 3.71. The molecular formula is C12H13N3O4. The number of nitriles is 1. The van der Waals surface area contributed by atoms with Crippen molar-refractivity contribution in [3.63, 3.8) is 0 Å². The standard InChI is InChI=1S/C12H13N3O4/c13-5-8-1-3-9(4-2-8)6-14-12(19)15-10(7-16)11(17)18/h1-4,10,16H,6-7H2,(H,17,18)(H2,14,15,19). The van der Waals surface area contributed by atoms with Crippen LogP contribution in [0.5, 0.6) is 0 Å². The maximum atomic E-state index is 11.4. The molecule has 0 aliphatic carbocycles. The molecule has 100 valence electrons. The molecule has 0 heterocycles. The molecule has 0 aliphatic heterocycles. The van der Waals surface area contributed by atoms with E-state index < -0.39 is 24.6 Å². The van der Waals surface area contributed by atoms with Gasteiger partial charge in [-0.05, 0) is 17.7 Å². The third kappa shape index (κ3) is 4.65. The summed E-state index contributed by atoms with van der Waals surface area (Å²) in [5.74, 6) is -1.31. The number of amides is 2. The highest BCUT2D eigenvalue weighted by atomic mass is 16.4. The van der Waals surface area contributed by atoms with E-state index in [0.717, 1.165) is 5.56 Å². The Morgan fingerprint density at radius 1 is 1.32 bits per heavy atom. The average Bonchev–Trinajstić information content (AvgIpc) is 2.42. The van der Waals surface area contributed by atoms with Crippen molar-refractivity contribution >= 4 is 12.0 Å². The van der Waals surface area contributed by atoms with Crippen LogP contribution in [0.2, 0.25) is 0 Å². The summed E-state index contributed by atoms with van der Waals surface area (Å²) in [5.41, 5.74) is 1.28. The minimum atomic E-state index is -1.33. The molecule has 1 unspecified atom stereocenters. The number of aliphatic hydroxyl groups excluding tert-OH is 1. The number of nitrogens with one attached hydrogen (secondary N) is 2. The number of hydrogen-bond acceptors (Lipinski definition) is 4. The average molecular weight is 263 g/mol. The fraction of sp³-hybridized carbons (Fsp3) is 0.250. The largest absolute Gasteiger partial charge is 0.480 e. The van der Waals surface area contributed by atoms with E-state index in [1.165, 1.54) is 0 Å². The summed E-state index contributed by atoms with van der Waals surface area (Å²) in [6.07, 6.45) is 0. The first-order valence-corrected chi connectivity index (χ1v) is 5.44. The van der Waals surface area contributed by atoms with Crippen molar-refractivity contribution in [3.8, 4) is 6.07 Å². The highest BCUT2D eigenvalue weighted by Crippen LogP contribution is 2.02. The van der Waals surface area contributed by atoms with Gasteiger partial charge < -0.3 is 20.8 Å². The van der Waals surface area contributed by atoms with Gasteiger partial charge in [0.2, 0.25) is 0 Å². The summed E-state index contributed by atoms with van der Waals surface area (Å²) in [4.78, 5) is 21.9. The van der Waals surface area contributed by atoms with E-state index in [0.29, 0.717) is 5.56 Å². The van der Waals surface area contributed by atoms with Crippen LogP contribution in [0.15, 0.2) is 24.3 Å². The normalized spacial score (nSPS) is 11.2. The molecule has 1 rings (SSSR count). The highest BCUT2D eigenvalue weighted by Gasteiger charge is 2.18. The van der Waals surface area contributed by atoms with E-state index in [2.05, 4.69) is 10.6 Å². The summed E-state index contributed by atoms with van der Waals surface area (Å²) < 4.78 is 0. The lowest BCUT2D eigenvalue weighted by molar-refractivity contribution is -0.140. The number of carbonyl (C=O) groups is 2. The van der Waals surface area contributed by atoms with Gasteiger partial charge >= 0.3 is 12.0 Å². The summed E-state index contributed by atoms with van der Waals surface area (Å²) in [7, 11) is 0. The van der Waals surface area contributed by atoms with Crippen molar-refractivity contribution in [3.05, 3.63) is 35.4 Å². The van der Waals surface area contributed by atoms with Crippen LogP contribution in [0.1, 0.15) is 11.1 Å². The van der Waals surface area contributed by atoms with Crippen LogP contribution in [0, 0.1) is 11.3 Å². The lowest BCUT2D eigenvalue weighted by atomic mass is 10.1. The molecule has 19 heavy (non-hydrogen) atoms. The Kier molecular flexibility index (Phi) is 5.32. The monoisotopic (exact) mass is 263 g/mol. The van der Waals surface area contributed by atoms with Crippen LogP contribution in [0.3, 0.4) is 0 Å². The summed E-state index contributed by atoms with van der Waals surface area (Å²) in [6, 6.07) is 6.54. The van der Waals surface area contributed by atoms with Crippen molar-refractivity contribution in [1.82, 2.24) is 10.6 Å². The molecule has 0 spiro atoms. The van der Waals surface area contributed by atoms with E-state index in [1.807, 2.05) is 6.07 Å². The molecule has 1 aromatic carbocycles. The molecule has 0 bridgehead atoms. The molecule has 2 amide bonds. The van der Waals surface area contributed by atoms with Gasteiger partial charge in [-0.2, -0.15) is 5.26 Å². The van der Waals surface area contributed by atoms with Crippen molar-refractivity contribution in [2.24, 2.45) is 0 Å².